The second kappa shape index (κ2) is 15.5. The summed E-state index contributed by atoms with van der Waals surface area (Å²) in [5, 5.41) is 2.30. The summed E-state index contributed by atoms with van der Waals surface area (Å²) < 4.78 is 6.77. The van der Waals surface area contributed by atoms with Crippen molar-refractivity contribution in [1.29, 1.82) is 0 Å². The summed E-state index contributed by atoms with van der Waals surface area (Å²) in [6.45, 7) is 34.4. The molecule has 6 aliphatic rings. The van der Waals surface area contributed by atoms with Crippen LogP contribution in [0.3, 0.4) is 0 Å². The highest BCUT2D eigenvalue weighted by atomic mass is 16.3. The zero-order valence-corrected chi connectivity index (χ0v) is 48.0. The zero-order valence-electron chi connectivity index (χ0n) is 48.0. The number of para-hydroxylation sites is 1. The number of benzene rings is 7. The predicted octanol–water partition coefficient (Wildman–Crippen LogP) is 17.7. The normalized spacial score (nSPS) is 23.1. The summed E-state index contributed by atoms with van der Waals surface area (Å²) in [5.41, 5.74) is 26.5. The lowest BCUT2D eigenvalue weighted by molar-refractivity contribution is 0.195. The Morgan fingerprint density at radius 2 is 1.08 bits per heavy atom. The van der Waals surface area contributed by atoms with Gasteiger partial charge in [-0.2, -0.15) is 0 Å². The number of hydrogen-bond acceptors (Lipinski definition) is 4. The third-order valence-electron chi connectivity index (χ3n) is 21.1. The molecule has 0 N–H and O–H groups in total. The van der Waals surface area contributed by atoms with Crippen molar-refractivity contribution in [3.63, 3.8) is 0 Å². The lowest BCUT2D eigenvalue weighted by Gasteiger charge is -2.51. The molecule has 4 nitrogen and oxygen atoms in total. The monoisotopic (exact) mass is 1000 g/mol. The molecule has 2 atom stereocenters. The number of aryl methyl sites for hydroxylation is 1. The van der Waals surface area contributed by atoms with Gasteiger partial charge in [0.05, 0.1) is 16.6 Å². The van der Waals surface area contributed by atoms with E-state index in [-0.39, 0.29) is 44.7 Å². The maximum absolute atomic E-state index is 6.77. The summed E-state index contributed by atoms with van der Waals surface area (Å²) in [7, 11) is 0. The van der Waals surface area contributed by atoms with Gasteiger partial charge in [-0.05, 0) is 202 Å². The highest BCUT2D eigenvalue weighted by Gasteiger charge is 2.58. The van der Waals surface area contributed by atoms with Crippen LogP contribution in [-0.4, -0.2) is 12.3 Å². The van der Waals surface area contributed by atoms with E-state index in [9.17, 15) is 0 Å². The quantitative estimate of drug-likeness (QED) is 0.165. The van der Waals surface area contributed by atoms with Crippen molar-refractivity contribution in [2.24, 2.45) is 0 Å². The van der Waals surface area contributed by atoms with Crippen LogP contribution in [0.1, 0.15) is 180 Å². The molecule has 0 spiro atoms. The zero-order chi connectivity index (χ0) is 53.0. The maximum Gasteiger partial charge on any atom is 0.252 e. The minimum absolute atomic E-state index is 0.00441. The van der Waals surface area contributed by atoms with Gasteiger partial charge in [0.1, 0.15) is 11.2 Å². The fourth-order valence-corrected chi connectivity index (χ4v) is 16.1. The van der Waals surface area contributed by atoms with Crippen LogP contribution in [0.4, 0.5) is 45.5 Å². The maximum atomic E-state index is 6.77. The lowest BCUT2D eigenvalue weighted by atomic mass is 9.33. The smallest absolute Gasteiger partial charge is 0.252 e. The van der Waals surface area contributed by atoms with Crippen molar-refractivity contribution in [2.45, 2.75) is 186 Å². The van der Waals surface area contributed by atoms with Gasteiger partial charge < -0.3 is 19.1 Å². The molecule has 2 unspecified atom stereocenters. The van der Waals surface area contributed by atoms with Crippen LogP contribution < -0.4 is 31.1 Å². The Morgan fingerprint density at radius 1 is 0.461 bits per heavy atom. The minimum atomic E-state index is -0.103. The van der Waals surface area contributed by atoms with Crippen molar-refractivity contribution in [1.82, 2.24) is 0 Å². The van der Waals surface area contributed by atoms with Gasteiger partial charge in [-0.15, -0.1) is 0 Å². The molecule has 0 saturated heterocycles. The van der Waals surface area contributed by atoms with Gasteiger partial charge in [0.2, 0.25) is 0 Å². The first-order valence-electron chi connectivity index (χ1n) is 29.0. The van der Waals surface area contributed by atoms with Gasteiger partial charge in [-0.1, -0.05) is 151 Å². The molecule has 14 rings (SSSR count). The van der Waals surface area contributed by atoms with E-state index in [0.717, 1.165) is 34.0 Å². The van der Waals surface area contributed by atoms with Gasteiger partial charge in [-0.25, -0.2) is 0 Å². The predicted molar refractivity (Wildman–Crippen MR) is 325 cm³/mol. The van der Waals surface area contributed by atoms with Crippen LogP contribution in [0, 0.1) is 6.92 Å². The Morgan fingerprint density at radius 3 is 1.80 bits per heavy atom. The summed E-state index contributed by atoms with van der Waals surface area (Å²) in [4.78, 5) is 8.17. The molecular formula is C71H78BN3O. The van der Waals surface area contributed by atoms with Crippen LogP contribution in [0.15, 0.2) is 126 Å². The molecule has 0 radical (unpaired) electrons. The number of anilines is 8. The Bertz CT molecular complexity index is 3800. The Labute approximate surface area is 454 Å². The molecule has 7 aromatic carbocycles. The third-order valence-corrected chi connectivity index (χ3v) is 21.1. The molecule has 1 fully saturated rings. The van der Waals surface area contributed by atoms with Crippen LogP contribution in [-0.2, 0) is 32.5 Å². The average molecular weight is 1000 g/mol. The van der Waals surface area contributed by atoms with Gasteiger partial charge in [0, 0.05) is 50.6 Å². The molecule has 386 valence electrons. The first-order valence-corrected chi connectivity index (χ1v) is 29.0. The van der Waals surface area contributed by atoms with E-state index < -0.39 is 0 Å². The highest BCUT2D eigenvalue weighted by molar-refractivity contribution is 7.00. The number of fused-ring (bicyclic) bond motifs is 12. The number of rotatable bonds is 3. The summed E-state index contributed by atoms with van der Waals surface area (Å²) in [5.74, 6) is 0. The van der Waals surface area contributed by atoms with Crippen molar-refractivity contribution in [3.05, 3.63) is 160 Å². The van der Waals surface area contributed by atoms with E-state index >= 15 is 0 Å². The second-order valence-corrected chi connectivity index (χ2v) is 28.7. The fourth-order valence-electron chi connectivity index (χ4n) is 16.1. The minimum Gasteiger partial charge on any atom is -0.456 e. The van der Waals surface area contributed by atoms with Crippen molar-refractivity contribution >= 4 is 90.5 Å². The molecule has 76 heavy (non-hydrogen) atoms. The molecule has 1 aromatic heterocycles. The van der Waals surface area contributed by atoms with Crippen molar-refractivity contribution in [3.8, 4) is 0 Å². The van der Waals surface area contributed by atoms with Crippen LogP contribution in [0.25, 0.3) is 21.9 Å². The van der Waals surface area contributed by atoms with Crippen LogP contribution in [0.5, 0.6) is 0 Å². The standard InChI is InChI=1S/C71H78BN3O/c1-43-36-59-64-60(37-43)74(56-21-19-23-62-63(56)47-20-15-16-22-61(47)76-62)57-40-46(75-55-29-24-44(65(2,3)4)38-52(55)70(13)30-17-18-31-71(70,75)14)26-28-53(57)72(64)54-41-50-51(69(11,12)35-34-68(50,9)10)42-58(54)73(59)45-25-27-48-49(39-45)67(7,8)33-32-66(48,5)6/h15-16,19-29,36-42H,17-18,30-35H2,1-14H3. The SMILES string of the molecule is Cc1cc2c3c(c1)N(c1cccc4oc5ccccc5c14)c1cc(N4c5ccc(C(C)(C)C)cc5C5(C)CCCCC45C)ccc1B3c1cc3c(cc1N2c1ccc2c(c1)C(C)(C)CCC2(C)C)C(C)(C)CCC3(C)C. The lowest BCUT2D eigenvalue weighted by Crippen LogP contribution is -2.62. The summed E-state index contributed by atoms with van der Waals surface area (Å²) >= 11 is 0. The molecule has 4 heterocycles. The molecule has 3 aliphatic carbocycles. The van der Waals surface area contributed by atoms with E-state index in [4.69, 9.17) is 4.42 Å². The average Bonchev–Trinajstić information content (AvgIpc) is 4.05. The van der Waals surface area contributed by atoms with Gasteiger partial charge in [0.15, 0.2) is 0 Å². The van der Waals surface area contributed by atoms with Crippen molar-refractivity contribution in [2.75, 3.05) is 14.7 Å². The molecule has 5 heteroatoms. The number of hydrogen-bond donors (Lipinski definition) is 0. The molecule has 3 aliphatic heterocycles. The summed E-state index contributed by atoms with van der Waals surface area (Å²) in [6.07, 6.45) is 9.53. The first-order chi connectivity index (χ1) is 35.9. The van der Waals surface area contributed by atoms with Gasteiger partial charge >= 0.3 is 0 Å². The molecule has 8 aromatic rings. The molecule has 0 bridgehead atoms. The van der Waals surface area contributed by atoms with E-state index in [1.165, 1.54) is 140 Å². The second-order valence-electron chi connectivity index (χ2n) is 28.7. The van der Waals surface area contributed by atoms with Crippen LogP contribution >= 0.6 is 0 Å². The number of nitrogens with zero attached hydrogens (tertiary/aromatic N) is 3. The van der Waals surface area contributed by atoms with Gasteiger partial charge in [-0.3, -0.25) is 0 Å². The topological polar surface area (TPSA) is 22.9 Å². The Kier molecular flexibility index (Phi) is 9.84. The van der Waals surface area contributed by atoms with E-state index in [1.54, 1.807) is 0 Å². The molecular weight excluding hydrogens is 922 g/mol. The first kappa shape index (κ1) is 48.2. The molecule has 1 saturated carbocycles. The third kappa shape index (κ3) is 6.50. The van der Waals surface area contributed by atoms with E-state index in [1.807, 2.05) is 0 Å². The van der Waals surface area contributed by atoms with E-state index in [0.29, 0.717) is 0 Å². The fraction of sp³-hybridized carbons (Fsp3) is 0.408. The van der Waals surface area contributed by atoms with Gasteiger partial charge in [0.25, 0.3) is 6.71 Å². The summed E-state index contributed by atoms with van der Waals surface area (Å²) in [6, 6.07) is 48.5. The highest BCUT2D eigenvalue weighted by Crippen LogP contribution is 2.62. The molecule has 0 amide bonds. The van der Waals surface area contributed by atoms with Crippen molar-refractivity contribution < 1.29 is 4.42 Å². The number of furan rings is 1. The van der Waals surface area contributed by atoms with E-state index in [2.05, 4.69) is 233 Å². The van der Waals surface area contributed by atoms with Crippen LogP contribution in [0.2, 0.25) is 0 Å². The Balaban J connectivity index is 1.08. The largest absolute Gasteiger partial charge is 0.456 e. The Hall–Kier alpha value is -6.20.